The molecule has 94 valence electrons. The number of hydrogen-bond acceptors (Lipinski definition) is 2. The van der Waals surface area contributed by atoms with E-state index in [-0.39, 0.29) is 0 Å². The normalized spacial score (nSPS) is 14.6. The summed E-state index contributed by atoms with van der Waals surface area (Å²) in [6, 6.07) is 8.27. The smallest absolute Gasteiger partial charge is 0.321 e. The highest BCUT2D eigenvalue weighted by Gasteiger charge is 2.27. The fourth-order valence-corrected chi connectivity index (χ4v) is 1.84. The SMILES string of the molecule is C=CC=C(C=C)C(c1ccccc1)C(N)C(=O)O. The van der Waals surface area contributed by atoms with E-state index in [0.29, 0.717) is 0 Å². The maximum Gasteiger partial charge on any atom is 0.321 e. The number of hydrogen-bond donors (Lipinski definition) is 2. The van der Waals surface area contributed by atoms with Gasteiger partial charge in [0.25, 0.3) is 0 Å². The van der Waals surface area contributed by atoms with Crippen LogP contribution in [0.15, 0.2) is 67.3 Å². The number of aliphatic carboxylic acids is 1. The molecule has 3 heteroatoms. The second-order valence-corrected chi connectivity index (χ2v) is 3.86. The summed E-state index contributed by atoms with van der Waals surface area (Å²) in [4.78, 5) is 11.1. The maximum absolute atomic E-state index is 11.1. The molecule has 0 saturated carbocycles. The van der Waals surface area contributed by atoms with Gasteiger partial charge in [-0.15, -0.1) is 0 Å². The van der Waals surface area contributed by atoms with E-state index in [1.54, 1.807) is 18.2 Å². The molecule has 2 unspecified atom stereocenters. The van der Waals surface area contributed by atoms with Crippen LogP contribution in [0.5, 0.6) is 0 Å². The van der Waals surface area contributed by atoms with Crippen molar-refractivity contribution in [3.05, 3.63) is 72.9 Å². The van der Waals surface area contributed by atoms with E-state index in [9.17, 15) is 4.79 Å². The molecule has 1 aromatic rings. The van der Waals surface area contributed by atoms with Gasteiger partial charge in [-0.3, -0.25) is 4.79 Å². The Morgan fingerprint density at radius 1 is 1.28 bits per heavy atom. The summed E-state index contributed by atoms with van der Waals surface area (Å²) in [6.45, 7) is 7.32. The molecule has 0 radical (unpaired) electrons. The first-order chi connectivity index (χ1) is 8.61. The summed E-state index contributed by atoms with van der Waals surface area (Å²) in [5.41, 5.74) is 7.37. The lowest BCUT2D eigenvalue weighted by molar-refractivity contribution is -0.138. The summed E-state index contributed by atoms with van der Waals surface area (Å²) in [7, 11) is 0. The molecule has 1 rings (SSSR count). The summed E-state index contributed by atoms with van der Waals surface area (Å²) >= 11 is 0. The fraction of sp³-hybridized carbons (Fsp3) is 0.133. The molecule has 0 aromatic heterocycles. The van der Waals surface area contributed by atoms with Crippen LogP contribution in [-0.4, -0.2) is 17.1 Å². The van der Waals surface area contributed by atoms with Crippen LogP contribution in [-0.2, 0) is 4.79 Å². The molecule has 0 amide bonds. The van der Waals surface area contributed by atoms with E-state index in [4.69, 9.17) is 10.8 Å². The molecule has 0 aliphatic carbocycles. The van der Waals surface area contributed by atoms with Gasteiger partial charge in [-0.25, -0.2) is 0 Å². The zero-order valence-electron chi connectivity index (χ0n) is 10.1. The van der Waals surface area contributed by atoms with Crippen LogP contribution in [0.4, 0.5) is 0 Å². The molecular weight excluding hydrogens is 226 g/mol. The van der Waals surface area contributed by atoms with Crippen molar-refractivity contribution in [2.75, 3.05) is 0 Å². The van der Waals surface area contributed by atoms with Gasteiger partial charge >= 0.3 is 5.97 Å². The molecule has 2 atom stereocenters. The van der Waals surface area contributed by atoms with Crippen molar-refractivity contribution < 1.29 is 9.90 Å². The lowest BCUT2D eigenvalue weighted by Crippen LogP contribution is -2.37. The van der Waals surface area contributed by atoms with Gasteiger partial charge in [0.15, 0.2) is 0 Å². The Kier molecular flexibility index (Phi) is 5.08. The number of carboxylic acids is 1. The van der Waals surface area contributed by atoms with Crippen LogP contribution >= 0.6 is 0 Å². The van der Waals surface area contributed by atoms with Gasteiger partial charge in [-0.1, -0.05) is 61.7 Å². The quantitative estimate of drug-likeness (QED) is 0.754. The average Bonchev–Trinajstić information content (AvgIpc) is 2.39. The van der Waals surface area contributed by atoms with Crippen LogP contribution in [0, 0.1) is 0 Å². The Balaban J connectivity index is 3.26. The molecule has 18 heavy (non-hydrogen) atoms. The summed E-state index contributed by atoms with van der Waals surface area (Å²) in [6.07, 6.45) is 4.94. The van der Waals surface area contributed by atoms with Crippen molar-refractivity contribution in [3.8, 4) is 0 Å². The lowest BCUT2D eigenvalue weighted by Gasteiger charge is -2.22. The number of carboxylic acid groups (broad SMARTS) is 1. The zero-order chi connectivity index (χ0) is 13.5. The first-order valence-electron chi connectivity index (χ1n) is 5.60. The van der Waals surface area contributed by atoms with Gasteiger partial charge in [0.2, 0.25) is 0 Å². The minimum absolute atomic E-state index is 0.431. The number of allylic oxidation sites excluding steroid dienone is 3. The first-order valence-corrected chi connectivity index (χ1v) is 5.60. The Morgan fingerprint density at radius 2 is 1.89 bits per heavy atom. The van der Waals surface area contributed by atoms with Crippen molar-refractivity contribution in [2.45, 2.75) is 12.0 Å². The highest BCUT2D eigenvalue weighted by molar-refractivity contribution is 5.76. The van der Waals surface area contributed by atoms with Gasteiger partial charge in [-0.2, -0.15) is 0 Å². The van der Waals surface area contributed by atoms with Crippen LogP contribution in [0.2, 0.25) is 0 Å². The molecule has 3 nitrogen and oxygen atoms in total. The van der Waals surface area contributed by atoms with Crippen molar-refractivity contribution in [3.63, 3.8) is 0 Å². The zero-order valence-corrected chi connectivity index (χ0v) is 10.1. The second kappa shape index (κ2) is 6.57. The summed E-state index contributed by atoms with van der Waals surface area (Å²) in [5.74, 6) is -1.47. The molecule has 3 N–H and O–H groups in total. The summed E-state index contributed by atoms with van der Waals surface area (Å²) < 4.78 is 0. The topological polar surface area (TPSA) is 63.3 Å². The number of nitrogens with two attached hydrogens (primary N) is 1. The van der Waals surface area contributed by atoms with Crippen LogP contribution in [0.1, 0.15) is 11.5 Å². The van der Waals surface area contributed by atoms with E-state index < -0.39 is 17.9 Å². The molecule has 0 bridgehead atoms. The van der Waals surface area contributed by atoms with Crippen LogP contribution < -0.4 is 5.73 Å². The Labute approximate surface area is 107 Å². The number of benzene rings is 1. The maximum atomic E-state index is 11.1. The molecule has 0 fully saturated rings. The Morgan fingerprint density at radius 3 is 2.33 bits per heavy atom. The van der Waals surface area contributed by atoms with Crippen molar-refractivity contribution in [2.24, 2.45) is 5.73 Å². The van der Waals surface area contributed by atoms with E-state index in [2.05, 4.69) is 13.2 Å². The predicted molar refractivity (Wildman–Crippen MR) is 73.3 cm³/mol. The van der Waals surface area contributed by atoms with E-state index in [0.717, 1.165) is 11.1 Å². The van der Waals surface area contributed by atoms with Crippen LogP contribution in [0.3, 0.4) is 0 Å². The highest BCUT2D eigenvalue weighted by Crippen LogP contribution is 2.28. The first kappa shape index (κ1) is 13.9. The van der Waals surface area contributed by atoms with Gasteiger partial charge in [-0.05, 0) is 11.1 Å². The van der Waals surface area contributed by atoms with Crippen LogP contribution in [0.25, 0.3) is 0 Å². The highest BCUT2D eigenvalue weighted by atomic mass is 16.4. The molecule has 0 heterocycles. The van der Waals surface area contributed by atoms with Crippen molar-refractivity contribution >= 4 is 5.97 Å². The predicted octanol–water partition coefficient (Wildman–Crippen LogP) is 2.48. The molecular formula is C15H17NO2. The van der Waals surface area contributed by atoms with Crippen molar-refractivity contribution in [1.82, 2.24) is 0 Å². The Hall–Kier alpha value is -2.13. The largest absolute Gasteiger partial charge is 0.480 e. The average molecular weight is 243 g/mol. The van der Waals surface area contributed by atoms with E-state index >= 15 is 0 Å². The second-order valence-electron chi connectivity index (χ2n) is 3.86. The molecule has 0 aliphatic rings. The van der Waals surface area contributed by atoms with Gasteiger partial charge in [0.1, 0.15) is 6.04 Å². The Bertz CT molecular complexity index is 463. The molecule has 0 spiro atoms. The van der Waals surface area contributed by atoms with Gasteiger partial charge in [0.05, 0.1) is 0 Å². The third-order valence-electron chi connectivity index (χ3n) is 2.71. The lowest BCUT2D eigenvalue weighted by atomic mass is 9.85. The number of rotatable bonds is 6. The van der Waals surface area contributed by atoms with E-state index in [1.807, 2.05) is 30.3 Å². The minimum atomic E-state index is -1.04. The number of carbonyl (C=O) groups is 1. The fourth-order valence-electron chi connectivity index (χ4n) is 1.84. The standard InChI is InChI=1S/C15H17NO2/c1-3-8-11(4-2)13(14(16)15(17)18)12-9-6-5-7-10-12/h3-10,13-14H,1-2,16H2,(H,17,18). The summed E-state index contributed by atoms with van der Waals surface area (Å²) in [5, 5.41) is 9.11. The van der Waals surface area contributed by atoms with Gasteiger partial charge in [0, 0.05) is 5.92 Å². The third kappa shape index (κ3) is 3.18. The van der Waals surface area contributed by atoms with E-state index in [1.165, 1.54) is 0 Å². The molecule has 0 aliphatic heterocycles. The third-order valence-corrected chi connectivity index (χ3v) is 2.71. The molecule has 0 saturated heterocycles. The minimum Gasteiger partial charge on any atom is -0.480 e. The monoisotopic (exact) mass is 243 g/mol. The van der Waals surface area contributed by atoms with Crippen molar-refractivity contribution in [1.29, 1.82) is 0 Å². The van der Waals surface area contributed by atoms with Gasteiger partial charge < -0.3 is 10.8 Å². The molecule has 1 aromatic carbocycles.